The Labute approximate surface area is 94.9 Å². The Morgan fingerprint density at radius 2 is 1.59 bits per heavy atom. The van der Waals surface area contributed by atoms with Gasteiger partial charge in [0.1, 0.15) is 6.61 Å². The lowest BCUT2D eigenvalue weighted by molar-refractivity contribution is 0.0650. The zero-order valence-corrected chi connectivity index (χ0v) is 8.41. The maximum atomic E-state index is 10.8. The van der Waals surface area contributed by atoms with Gasteiger partial charge in [-0.15, -0.1) is 0 Å². The highest BCUT2D eigenvalue weighted by Crippen LogP contribution is 2.13. The van der Waals surface area contributed by atoms with Crippen molar-refractivity contribution in [3.8, 4) is 0 Å². The zero-order chi connectivity index (χ0) is 13.0. The van der Waals surface area contributed by atoms with Crippen molar-refractivity contribution in [1.82, 2.24) is 0 Å². The summed E-state index contributed by atoms with van der Waals surface area (Å²) in [4.78, 5) is 31.6. The number of ether oxygens (including phenoxy) is 1. The normalized spacial score (nSPS) is 9.65. The molecule has 0 amide bonds. The van der Waals surface area contributed by atoms with Crippen molar-refractivity contribution >= 4 is 18.1 Å². The minimum Gasteiger partial charge on any atom is -0.478 e. The summed E-state index contributed by atoms with van der Waals surface area (Å²) >= 11 is 0. The van der Waals surface area contributed by atoms with Crippen LogP contribution in [0.5, 0.6) is 0 Å². The van der Waals surface area contributed by atoms with E-state index in [2.05, 4.69) is 4.74 Å². The summed E-state index contributed by atoms with van der Waals surface area (Å²) < 4.78 is 4.24. The molecule has 0 unspecified atom stereocenters. The van der Waals surface area contributed by atoms with Crippen LogP contribution < -0.4 is 0 Å². The van der Waals surface area contributed by atoms with E-state index in [9.17, 15) is 14.4 Å². The van der Waals surface area contributed by atoms with E-state index >= 15 is 0 Å². The second-order valence-electron chi connectivity index (χ2n) is 3.04. The Balaban J connectivity index is 3.05. The van der Waals surface area contributed by atoms with E-state index in [-0.39, 0.29) is 17.7 Å². The first-order chi connectivity index (χ1) is 7.91. The second-order valence-corrected chi connectivity index (χ2v) is 3.04. The summed E-state index contributed by atoms with van der Waals surface area (Å²) in [6.07, 6.45) is -1.50. The van der Waals surface area contributed by atoms with Crippen LogP contribution in [0.25, 0.3) is 0 Å². The fraction of sp³-hybridized carbons (Fsp3) is 0.100. The second kappa shape index (κ2) is 4.97. The SMILES string of the molecule is O=C(O)OCc1ccc(C(=O)O)c(C(=O)O)c1. The molecule has 7 heteroatoms. The number of rotatable bonds is 4. The van der Waals surface area contributed by atoms with E-state index in [1.165, 1.54) is 6.07 Å². The van der Waals surface area contributed by atoms with Gasteiger partial charge in [0.25, 0.3) is 0 Å². The third-order valence-corrected chi connectivity index (χ3v) is 1.91. The number of carboxylic acids is 2. The number of carbonyl (C=O) groups is 3. The minimum absolute atomic E-state index is 0.259. The first kappa shape index (κ1) is 12.5. The lowest BCUT2D eigenvalue weighted by Gasteiger charge is -2.05. The van der Waals surface area contributed by atoms with Gasteiger partial charge in [0, 0.05) is 0 Å². The molecule has 3 N–H and O–H groups in total. The lowest BCUT2D eigenvalue weighted by Crippen LogP contribution is -2.09. The van der Waals surface area contributed by atoms with Crippen molar-refractivity contribution in [1.29, 1.82) is 0 Å². The third-order valence-electron chi connectivity index (χ3n) is 1.91. The van der Waals surface area contributed by atoms with Gasteiger partial charge in [-0.2, -0.15) is 0 Å². The molecule has 0 atom stereocenters. The Morgan fingerprint density at radius 1 is 1.00 bits per heavy atom. The van der Waals surface area contributed by atoms with Crippen molar-refractivity contribution < 1.29 is 34.4 Å². The maximum Gasteiger partial charge on any atom is 0.506 e. The minimum atomic E-state index is -1.50. The number of benzene rings is 1. The van der Waals surface area contributed by atoms with Gasteiger partial charge in [-0.05, 0) is 17.7 Å². The molecule has 1 rings (SSSR count). The van der Waals surface area contributed by atoms with Gasteiger partial charge in [0.05, 0.1) is 11.1 Å². The molecule has 0 saturated heterocycles. The fourth-order valence-corrected chi connectivity index (χ4v) is 1.19. The molecule has 0 saturated carbocycles. The van der Waals surface area contributed by atoms with Crippen molar-refractivity contribution in [3.63, 3.8) is 0 Å². The molecule has 1 aromatic carbocycles. The summed E-state index contributed by atoms with van der Waals surface area (Å²) in [6, 6.07) is 3.44. The van der Waals surface area contributed by atoms with Crippen LogP contribution in [0.3, 0.4) is 0 Å². The molecular formula is C10H8O7. The van der Waals surface area contributed by atoms with Crippen LogP contribution in [0.1, 0.15) is 26.3 Å². The summed E-state index contributed by atoms with van der Waals surface area (Å²) in [7, 11) is 0. The molecule has 0 bridgehead atoms. The third kappa shape index (κ3) is 3.20. The quantitative estimate of drug-likeness (QED) is 0.677. The number of hydrogen-bond donors (Lipinski definition) is 3. The maximum absolute atomic E-state index is 10.8. The molecular weight excluding hydrogens is 232 g/mol. The van der Waals surface area contributed by atoms with Crippen LogP contribution >= 0.6 is 0 Å². The standard InChI is InChI=1S/C10H8O7/c11-8(12)6-2-1-5(4-17-10(15)16)3-7(6)9(13)14/h1-3H,4H2,(H,11,12)(H,13,14)(H,15,16). The Hall–Kier alpha value is -2.57. The first-order valence-corrected chi connectivity index (χ1v) is 4.37. The molecule has 0 radical (unpaired) electrons. The first-order valence-electron chi connectivity index (χ1n) is 4.37. The average molecular weight is 240 g/mol. The van der Waals surface area contributed by atoms with Gasteiger partial charge in [-0.25, -0.2) is 14.4 Å². The van der Waals surface area contributed by atoms with Crippen molar-refractivity contribution in [2.24, 2.45) is 0 Å². The summed E-state index contributed by atoms with van der Waals surface area (Å²) in [5, 5.41) is 25.8. The van der Waals surface area contributed by atoms with Gasteiger partial charge in [0.15, 0.2) is 0 Å². The molecule has 0 aliphatic heterocycles. The Kier molecular flexibility index (Phi) is 3.66. The Morgan fingerprint density at radius 3 is 2.06 bits per heavy atom. The van der Waals surface area contributed by atoms with Crippen molar-refractivity contribution in [3.05, 3.63) is 34.9 Å². The summed E-state index contributed by atoms with van der Waals surface area (Å²) in [6.45, 7) is -0.338. The predicted molar refractivity (Wildman–Crippen MR) is 53.2 cm³/mol. The summed E-state index contributed by atoms with van der Waals surface area (Å²) in [5.41, 5.74) is -0.518. The van der Waals surface area contributed by atoms with Gasteiger partial charge < -0.3 is 20.1 Å². The average Bonchev–Trinajstić information content (AvgIpc) is 2.25. The van der Waals surface area contributed by atoms with Gasteiger partial charge in [-0.3, -0.25) is 0 Å². The summed E-state index contributed by atoms with van der Waals surface area (Å²) in [5.74, 6) is -2.77. The molecule has 17 heavy (non-hydrogen) atoms. The Bertz CT molecular complexity index is 478. The molecule has 0 aromatic heterocycles. The predicted octanol–water partition coefficient (Wildman–Crippen LogP) is 1.28. The van der Waals surface area contributed by atoms with E-state index in [0.717, 1.165) is 12.1 Å². The van der Waals surface area contributed by atoms with Crippen LogP contribution in [0.4, 0.5) is 4.79 Å². The number of hydrogen-bond acceptors (Lipinski definition) is 4. The van der Waals surface area contributed by atoms with E-state index in [1.54, 1.807) is 0 Å². The molecule has 0 aliphatic rings. The molecule has 0 fully saturated rings. The smallest absolute Gasteiger partial charge is 0.478 e. The van der Waals surface area contributed by atoms with Gasteiger partial charge >= 0.3 is 18.1 Å². The molecule has 0 spiro atoms. The topological polar surface area (TPSA) is 121 Å². The van der Waals surface area contributed by atoms with Crippen LogP contribution in [-0.4, -0.2) is 33.4 Å². The van der Waals surface area contributed by atoms with E-state index in [1.807, 2.05) is 0 Å². The molecule has 0 aliphatic carbocycles. The largest absolute Gasteiger partial charge is 0.506 e. The van der Waals surface area contributed by atoms with Crippen LogP contribution in [0.15, 0.2) is 18.2 Å². The molecule has 90 valence electrons. The van der Waals surface area contributed by atoms with Crippen molar-refractivity contribution in [2.45, 2.75) is 6.61 Å². The van der Waals surface area contributed by atoms with Gasteiger partial charge in [0.2, 0.25) is 0 Å². The number of aromatic carboxylic acids is 2. The lowest BCUT2D eigenvalue weighted by atomic mass is 10.0. The highest BCUT2D eigenvalue weighted by molar-refractivity contribution is 6.01. The molecule has 7 nitrogen and oxygen atoms in total. The monoisotopic (exact) mass is 240 g/mol. The van der Waals surface area contributed by atoms with Gasteiger partial charge in [-0.1, -0.05) is 6.07 Å². The zero-order valence-electron chi connectivity index (χ0n) is 8.41. The highest BCUT2D eigenvalue weighted by atomic mass is 16.7. The fourth-order valence-electron chi connectivity index (χ4n) is 1.19. The van der Waals surface area contributed by atoms with Crippen LogP contribution in [0, 0.1) is 0 Å². The van der Waals surface area contributed by atoms with E-state index in [4.69, 9.17) is 15.3 Å². The highest BCUT2D eigenvalue weighted by Gasteiger charge is 2.16. The van der Waals surface area contributed by atoms with Crippen LogP contribution in [-0.2, 0) is 11.3 Å². The van der Waals surface area contributed by atoms with E-state index < -0.39 is 23.7 Å². The van der Waals surface area contributed by atoms with E-state index in [0.29, 0.717) is 0 Å². The van der Waals surface area contributed by atoms with Crippen molar-refractivity contribution in [2.75, 3.05) is 0 Å². The molecule has 0 heterocycles. The van der Waals surface area contributed by atoms with Crippen LogP contribution in [0.2, 0.25) is 0 Å². The molecule has 1 aromatic rings. The number of carboxylic acid groups (broad SMARTS) is 3.